The molecule has 0 N–H and O–H groups in total. The quantitative estimate of drug-likeness (QED) is 0.645. The van der Waals surface area contributed by atoms with E-state index in [2.05, 4.69) is 0 Å². The van der Waals surface area contributed by atoms with Crippen LogP contribution >= 0.6 is 11.6 Å². The van der Waals surface area contributed by atoms with Gasteiger partial charge in [-0.2, -0.15) is 0 Å². The van der Waals surface area contributed by atoms with E-state index in [0.29, 0.717) is 29.6 Å². The zero-order valence-corrected chi connectivity index (χ0v) is 16.9. The number of hydrogen-bond acceptors (Lipinski definition) is 5. The molecule has 4 rings (SSSR count). The highest BCUT2D eigenvalue weighted by Gasteiger charge is 2.52. The van der Waals surface area contributed by atoms with Crippen molar-refractivity contribution in [1.29, 1.82) is 0 Å². The molecule has 2 aliphatic rings. The summed E-state index contributed by atoms with van der Waals surface area (Å²) < 4.78 is 16.1. The van der Waals surface area contributed by atoms with Gasteiger partial charge < -0.3 is 19.1 Å². The van der Waals surface area contributed by atoms with Crippen molar-refractivity contribution in [3.63, 3.8) is 0 Å². The molecule has 1 saturated carbocycles. The predicted molar refractivity (Wildman–Crippen MR) is 107 cm³/mol. The zero-order valence-electron chi connectivity index (χ0n) is 16.2. The van der Waals surface area contributed by atoms with Crippen molar-refractivity contribution in [3.05, 3.63) is 58.6 Å². The van der Waals surface area contributed by atoms with Crippen LogP contribution in [0.15, 0.2) is 42.5 Å². The van der Waals surface area contributed by atoms with Crippen molar-refractivity contribution in [2.45, 2.75) is 31.7 Å². The Hall–Kier alpha value is -2.73. The number of halogens is 1. The van der Waals surface area contributed by atoms with Crippen LogP contribution in [0.3, 0.4) is 0 Å². The number of nitrogens with zero attached hydrogens (tertiary/aromatic N) is 1. The fourth-order valence-corrected chi connectivity index (χ4v) is 3.62. The monoisotopic (exact) mass is 415 g/mol. The molecular weight excluding hydrogens is 394 g/mol. The minimum absolute atomic E-state index is 0.209. The molecule has 2 aromatic carbocycles. The topological polar surface area (TPSA) is 65.1 Å². The second-order valence-electron chi connectivity index (χ2n) is 7.26. The largest absolute Gasteiger partial charge is 0.455 e. The van der Waals surface area contributed by atoms with Gasteiger partial charge in [0.15, 0.2) is 18.1 Å². The Kier molecular flexibility index (Phi) is 5.37. The molecule has 0 unspecified atom stereocenters. The lowest BCUT2D eigenvalue weighted by molar-refractivity contribution is -0.154. The summed E-state index contributed by atoms with van der Waals surface area (Å²) in [6.07, 6.45) is 1.44. The average molecular weight is 416 g/mol. The van der Waals surface area contributed by atoms with Crippen LogP contribution in [0.1, 0.15) is 30.9 Å². The number of hydrogen-bond donors (Lipinski definition) is 0. The molecule has 0 bridgehead atoms. The number of likely N-dealkylation sites (N-methyl/N-ethyl adjacent to an activating group) is 1. The van der Waals surface area contributed by atoms with Gasteiger partial charge in [-0.05, 0) is 55.2 Å². The summed E-state index contributed by atoms with van der Waals surface area (Å²) in [5, 5.41) is 0.621. The van der Waals surface area contributed by atoms with E-state index < -0.39 is 5.41 Å². The van der Waals surface area contributed by atoms with E-state index in [1.54, 1.807) is 17.0 Å². The number of benzene rings is 2. The highest BCUT2D eigenvalue weighted by atomic mass is 35.5. The Balaban J connectivity index is 1.35. The van der Waals surface area contributed by atoms with Crippen LogP contribution in [0.2, 0.25) is 5.02 Å². The minimum atomic E-state index is -0.640. The lowest BCUT2D eigenvalue weighted by atomic mass is 9.96. The van der Waals surface area contributed by atoms with E-state index >= 15 is 0 Å². The van der Waals surface area contributed by atoms with E-state index in [1.165, 1.54) is 0 Å². The summed E-state index contributed by atoms with van der Waals surface area (Å²) in [6, 6.07) is 12.8. The van der Waals surface area contributed by atoms with Gasteiger partial charge in [0.25, 0.3) is 5.91 Å². The Bertz CT molecular complexity index is 923. The molecule has 0 spiro atoms. The fraction of sp³-hybridized carbons (Fsp3) is 0.364. The SMILES string of the molecule is CCN(Cc1ccc2c(c1)OCO2)C(=O)COC(=O)C1(c2ccc(Cl)cc2)CC1. The van der Waals surface area contributed by atoms with Crippen LogP contribution < -0.4 is 9.47 Å². The fourth-order valence-electron chi connectivity index (χ4n) is 3.50. The van der Waals surface area contributed by atoms with Gasteiger partial charge in [0.05, 0.1) is 5.41 Å². The normalized spacial score (nSPS) is 15.7. The smallest absolute Gasteiger partial charge is 0.317 e. The van der Waals surface area contributed by atoms with Gasteiger partial charge in [0.2, 0.25) is 6.79 Å². The average Bonchev–Trinajstić information content (AvgIpc) is 3.41. The molecule has 0 radical (unpaired) electrons. The first-order valence-corrected chi connectivity index (χ1v) is 9.99. The van der Waals surface area contributed by atoms with Crippen molar-refractivity contribution < 1.29 is 23.8 Å². The number of carbonyl (C=O) groups is 2. The third kappa shape index (κ3) is 4.03. The minimum Gasteiger partial charge on any atom is -0.455 e. The molecule has 1 heterocycles. The summed E-state index contributed by atoms with van der Waals surface area (Å²) in [4.78, 5) is 26.9. The first-order chi connectivity index (χ1) is 14.0. The highest BCUT2D eigenvalue weighted by molar-refractivity contribution is 6.30. The van der Waals surface area contributed by atoms with Gasteiger partial charge in [0.1, 0.15) is 0 Å². The number of rotatable bonds is 7. The van der Waals surface area contributed by atoms with E-state index in [0.717, 1.165) is 24.0 Å². The molecule has 7 heteroatoms. The number of carbonyl (C=O) groups excluding carboxylic acids is 2. The molecule has 0 atom stereocenters. The summed E-state index contributed by atoms with van der Waals surface area (Å²) in [7, 11) is 0. The van der Waals surface area contributed by atoms with Crippen molar-refractivity contribution in [1.82, 2.24) is 4.90 Å². The van der Waals surface area contributed by atoms with E-state index in [4.69, 9.17) is 25.8 Å². The Labute approximate surface area is 174 Å². The van der Waals surface area contributed by atoms with Crippen molar-refractivity contribution >= 4 is 23.5 Å². The van der Waals surface area contributed by atoms with Gasteiger partial charge in [-0.25, -0.2) is 0 Å². The highest BCUT2D eigenvalue weighted by Crippen LogP contribution is 2.49. The summed E-state index contributed by atoms with van der Waals surface area (Å²) >= 11 is 5.93. The molecule has 1 fully saturated rings. The predicted octanol–water partition coefficient (Wildman–Crippen LogP) is 3.69. The summed E-state index contributed by atoms with van der Waals surface area (Å²) in [6.45, 7) is 2.74. The van der Waals surface area contributed by atoms with Crippen LogP contribution in [0, 0.1) is 0 Å². The third-order valence-electron chi connectivity index (χ3n) is 5.41. The third-order valence-corrected chi connectivity index (χ3v) is 5.66. The van der Waals surface area contributed by atoms with Gasteiger partial charge >= 0.3 is 5.97 Å². The number of ether oxygens (including phenoxy) is 3. The second-order valence-corrected chi connectivity index (χ2v) is 7.70. The Morgan fingerprint density at radius 2 is 1.83 bits per heavy atom. The number of fused-ring (bicyclic) bond motifs is 1. The molecule has 1 aliphatic heterocycles. The van der Waals surface area contributed by atoms with Gasteiger partial charge in [0, 0.05) is 18.1 Å². The molecule has 1 aliphatic carbocycles. The van der Waals surface area contributed by atoms with Crippen LogP contribution in [0.5, 0.6) is 11.5 Å². The van der Waals surface area contributed by atoms with Crippen LogP contribution in [0.4, 0.5) is 0 Å². The van der Waals surface area contributed by atoms with Crippen molar-refractivity contribution in [2.75, 3.05) is 19.9 Å². The molecule has 2 aromatic rings. The van der Waals surface area contributed by atoms with Gasteiger partial charge in [-0.3, -0.25) is 9.59 Å². The van der Waals surface area contributed by atoms with Gasteiger partial charge in [-0.15, -0.1) is 0 Å². The Morgan fingerprint density at radius 3 is 2.52 bits per heavy atom. The number of esters is 1. The van der Waals surface area contributed by atoms with Crippen LogP contribution in [-0.2, 0) is 26.3 Å². The molecule has 1 amide bonds. The van der Waals surface area contributed by atoms with Crippen molar-refractivity contribution in [3.8, 4) is 11.5 Å². The van der Waals surface area contributed by atoms with Crippen LogP contribution in [-0.4, -0.2) is 36.7 Å². The molecular formula is C22H22ClNO5. The summed E-state index contributed by atoms with van der Waals surface area (Å²) in [5.74, 6) is 0.794. The van der Waals surface area contributed by atoms with Crippen molar-refractivity contribution in [2.24, 2.45) is 0 Å². The van der Waals surface area contributed by atoms with E-state index in [-0.39, 0.29) is 25.3 Å². The molecule has 0 aromatic heterocycles. The Morgan fingerprint density at radius 1 is 1.10 bits per heavy atom. The first-order valence-electron chi connectivity index (χ1n) is 9.61. The maximum absolute atomic E-state index is 12.7. The van der Waals surface area contributed by atoms with E-state index in [9.17, 15) is 9.59 Å². The molecule has 29 heavy (non-hydrogen) atoms. The maximum atomic E-state index is 12.7. The molecule has 152 valence electrons. The zero-order chi connectivity index (χ0) is 20.4. The lowest BCUT2D eigenvalue weighted by Crippen LogP contribution is -2.35. The maximum Gasteiger partial charge on any atom is 0.317 e. The lowest BCUT2D eigenvalue weighted by Gasteiger charge is -2.22. The summed E-state index contributed by atoms with van der Waals surface area (Å²) in [5.41, 5.74) is 1.17. The second kappa shape index (κ2) is 7.95. The van der Waals surface area contributed by atoms with E-state index in [1.807, 2.05) is 37.3 Å². The molecule has 0 saturated heterocycles. The first kappa shape index (κ1) is 19.6. The van der Waals surface area contributed by atoms with Gasteiger partial charge in [-0.1, -0.05) is 29.8 Å². The standard InChI is InChI=1S/C22H22ClNO5/c1-2-24(12-15-3-8-18-19(11-15)29-14-28-18)20(25)13-27-21(26)22(9-10-22)16-4-6-17(23)7-5-16/h3-8,11H,2,9-10,12-14H2,1H3. The number of amides is 1. The molecule has 6 nitrogen and oxygen atoms in total. The van der Waals surface area contributed by atoms with Crippen LogP contribution in [0.25, 0.3) is 0 Å².